The second-order valence-electron chi connectivity index (χ2n) is 11.5. The summed E-state index contributed by atoms with van der Waals surface area (Å²) in [5.74, 6) is 1.33. The summed E-state index contributed by atoms with van der Waals surface area (Å²) in [7, 11) is 1.90. The zero-order chi connectivity index (χ0) is 26.6. The zero-order valence-electron chi connectivity index (χ0n) is 22.2. The molecule has 4 heterocycles. The van der Waals surface area contributed by atoms with Crippen LogP contribution in [-0.2, 0) is 16.6 Å². The van der Waals surface area contributed by atoms with E-state index in [1.165, 1.54) is 0 Å². The topological polar surface area (TPSA) is 72.3 Å². The van der Waals surface area contributed by atoms with E-state index in [-0.39, 0.29) is 24.3 Å². The maximum Gasteiger partial charge on any atom is 0.229 e. The molecule has 3 fully saturated rings. The van der Waals surface area contributed by atoms with Crippen molar-refractivity contribution in [1.29, 1.82) is 0 Å². The Bertz CT molecular complexity index is 1360. The van der Waals surface area contributed by atoms with E-state index < -0.39 is 11.7 Å². The molecule has 1 N–H and O–H groups in total. The van der Waals surface area contributed by atoms with Crippen LogP contribution in [-0.4, -0.2) is 63.6 Å². The van der Waals surface area contributed by atoms with E-state index in [1.54, 1.807) is 10.9 Å². The molecule has 6 rings (SSSR count). The van der Waals surface area contributed by atoms with Crippen molar-refractivity contribution in [1.82, 2.24) is 19.7 Å². The van der Waals surface area contributed by atoms with Gasteiger partial charge in [0.2, 0.25) is 5.91 Å². The molecule has 0 unspecified atom stereocenters. The normalized spacial score (nSPS) is 30.1. The number of ether oxygens (including phenoxy) is 1. The Labute approximate surface area is 227 Å². The second-order valence-corrected chi connectivity index (χ2v) is 11.9. The van der Waals surface area contributed by atoms with Crippen molar-refractivity contribution in [2.75, 3.05) is 31.6 Å². The quantitative estimate of drug-likeness (QED) is 0.460. The van der Waals surface area contributed by atoms with Crippen LogP contribution in [0.1, 0.15) is 56.1 Å². The first-order valence-electron chi connectivity index (χ1n) is 13.6. The molecular weight excluding hydrogens is 505 g/mol. The highest BCUT2D eigenvalue weighted by atomic mass is 35.5. The van der Waals surface area contributed by atoms with E-state index >= 15 is 0 Å². The van der Waals surface area contributed by atoms with Gasteiger partial charge in [-0.15, -0.1) is 0 Å². The fraction of sp³-hybridized carbons (Fsp3) is 0.552. The number of nitrogens with one attached hydrogen (secondary N) is 1. The van der Waals surface area contributed by atoms with E-state index in [0.29, 0.717) is 24.3 Å². The molecule has 3 aliphatic rings. The SMILES string of the molecule is CC[C@@H]1[C@H](C(=O)Nc2cc3cc(C4CCN([C@]5(C)COC[C@@H]5F)CC4)c(Cl)cc3cn2)[C@H]1c1cnn(C)c1. The highest BCUT2D eigenvalue weighted by molar-refractivity contribution is 6.32. The Morgan fingerprint density at radius 2 is 2.03 bits per heavy atom. The number of carbonyl (C=O) groups is 1. The van der Waals surface area contributed by atoms with Crippen LogP contribution in [0.5, 0.6) is 0 Å². The summed E-state index contributed by atoms with van der Waals surface area (Å²) in [6.07, 6.45) is 7.46. The van der Waals surface area contributed by atoms with Crippen molar-refractivity contribution in [3.63, 3.8) is 0 Å². The second kappa shape index (κ2) is 9.88. The molecule has 7 nitrogen and oxygen atoms in total. The standard InChI is InChI=1S/C29H35ClFN5O2/c1-4-21-26(20-13-33-35(3)14-20)27(21)28(37)34-25-11-18-9-22(23(30)10-19(18)12-32-25)17-5-7-36(8-6-17)29(2)16-38-15-24(29)31/h9-14,17,21,24,26-27H,4-8,15-16H2,1-3H3,(H,32,34,37)/t21-,24-,26-,27-,29+/m0/s1. The van der Waals surface area contributed by atoms with Crippen molar-refractivity contribution in [3.05, 3.63) is 52.9 Å². The third kappa shape index (κ3) is 4.50. The molecule has 0 bridgehead atoms. The Kier molecular flexibility index (Phi) is 6.69. The lowest BCUT2D eigenvalue weighted by atomic mass is 9.85. The molecule has 38 heavy (non-hydrogen) atoms. The Balaban J connectivity index is 1.16. The average Bonchev–Trinajstić information content (AvgIpc) is 3.33. The number of benzene rings is 1. The molecular formula is C29H35ClFN5O2. The largest absolute Gasteiger partial charge is 0.376 e. The molecule has 2 saturated heterocycles. The number of hydrogen-bond donors (Lipinski definition) is 1. The minimum absolute atomic E-state index is 0.00895. The molecule has 1 saturated carbocycles. The van der Waals surface area contributed by atoms with E-state index in [9.17, 15) is 9.18 Å². The molecule has 1 amide bonds. The maximum absolute atomic E-state index is 14.5. The predicted molar refractivity (Wildman–Crippen MR) is 146 cm³/mol. The molecule has 9 heteroatoms. The molecule has 202 valence electrons. The summed E-state index contributed by atoms with van der Waals surface area (Å²) in [6, 6.07) is 6.04. The van der Waals surface area contributed by atoms with E-state index in [0.717, 1.165) is 59.3 Å². The first-order valence-corrected chi connectivity index (χ1v) is 14.0. The lowest BCUT2D eigenvalue weighted by Crippen LogP contribution is -2.55. The van der Waals surface area contributed by atoms with Crippen molar-refractivity contribution < 1.29 is 13.9 Å². The number of halogens is 2. The predicted octanol–water partition coefficient (Wildman–Crippen LogP) is 5.31. The van der Waals surface area contributed by atoms with Gasteiger partial charge in [-0.05, 0) is 79.4 Å². The van der Waals surface area contributed by atoms with Gasteiger partial charge in [0.25, 0.3) is 0 Å². The Morgan fingerprint density at radius 3 is 2.68 bits per heavy atom. The number of nitrogens with zero attached hydrogens (tertiary/aromatic N) is 4. The zero-order valence-corrected chi connectivity index (χ0v) is 22.9. The smallest absolute Gasteiger partial charge is 0.229 e. The van der Waals surface area contributed by atoms with Crippen LogP contribution in [0.25, 0.3) is 10.8 Å². The molecule has 2 aromatic heterocycles. The molecule has 3 aromatic rings. The summed E-state index contributed by atoms with van der Waals surface area (Å²) >= 11 is 6.73. The van der Waals surface area contributed by atoms with Gasteiger partial charge in [0.15, 0.2) is 0 Å². The van der Waals surface area contributed by atoms with Crippen molar-refractivity contribution in [2.24, 2.45) is 18.9 Å². The van der Waals surface area contributed by atoms with Crippen molar-refractivity contribution >= 4 is 34.1 Å². The summed E-state index contributed by atoms with van der Waals surface area (Å²) in [4.78, 5) is 19.9. The van der Waals surface area contributed by atoms with Gasteiger partial charge in [-0.1, -0.05) is 24.9 Å². The highest BCUT2D eigenvalue weighted by Crippen LogP contribution is 2.56. The van der Waals surface area contributed by atoms with Crippen LogP contribution >= 0.6 is 11.6 Å². The number of piperidine rings is 1. The van der Waals surface area contributed by atoms with Crippen LogP contribution in [0.2, 0.25) is 5.02 Å². The van der Waals surface area contributed by atoms with Gasteiger partial charge in [-0.3, -0.25) is 14.4 Å². The number of anilines is 1. The lowest BCUT2D eigenvalue weighted by Gasteiger charge is -2.43. The minimum atomic E-state index is -0.952. The fourth-order valence-corrected chi connectivity index (χ4v) is 7.04. The van der Waals surface area contributed by atoms with Crippen LogP contribution in [0.4, 0.5) is 10.2 Å². The van der Waals surface area contributed by atoms with Gasteiger partial charge in [0.1, 0.15) is 12.0 Å². The van der Waals surface area contributed by atoms with E-state index in [1.807, 2.05) is 38.5 Å². The summed E-state index contributed by atoms with van der Waals surface area (Å²) in [5.41, 5.74) is 1.69. The van der Waals surface area contributed by atoms with Crippen molar-refractivity contribution in [2.45, 2.75) is 56.7 Å². The van der Waals surface area contributed by atoms with Crippen molar-refractivity contribution in [3.8, 4) is 0 Å². The van der Waals surface area contributed by atoms with Crippen LogP contribution < -0.4 is 5.32 Å². The number of hydrogen-bond acceptors (Lipinski definition) is 5. The number of carbonyl (C=O) groups excluding carboxylic acids is 1. The van der Waals surface area contributed by atoms with Crippen LogP contribution in [0.3, 0.4) is 0 Å². The fourth-order valence-electron chi connectivity index (χ4n) is 6.71. The summed E-state index contributed by atoms with van der Waals surface area (Å²) in [6.45, 7) is 6.36. The van der Waals surface area contributed by atoms with Gasteiger partial charge in [0, 0.05) is 41.7 Å². The van der Waals surface area contributed by atoms with Crippen LogP contribution in [0, 0.1) is 11.8 Å². The van der Waals surface area contributed by atoms with Gasteiger partial charge >= 0.3 is 0 Å². The Morgan fingerprint density at radius 1 is 1.24 bits per heavy atom. The number of alkyl halides is 1. The molecule has 5 atom stereocenters. The number of aromatic nitrogens is 3. The lowest BCUT2D eigenvalue weighted by molar-refractivity contribution is -0.117. The third-order valence-corrected chi connectivity index (χ3v) is 9.46. The van der Waals surface area contributed by atoms with E-state index in [4.69, 9.17) is 16.3 Å². The first kappa shape index (κ1) is 25.7. The third-order valence-electron chi connectivity index (χ3n) is 9.13. The number of rotatable bonds is 6. The minimum Gasteiger partial charge on any atom is -0.376 e. The summed E-state index contributed by atoms with van der Waals surface area (Å²) < 4.78 is 21.7. The van der Waals surface area contributed by atoms with Gasteiger partial charge < -0.3 is 10.1 Å². The number of amides is 1. The molecule has 0 radical (unpaired) electrons. The number of pyridine rings is 1. The highest BCUT2D eigenvalue weighted by Gasteiger charge is 2.54. The molecule has 1 aromatic carbocycles. The Hall–Kier alpha value is -2.55. The van der Waals surface area contributed by atoms with E-state index in [2.05, 4.69) is 33.3 Å². The summed E-state index contributed by atoms with van der Waals surface area (Å²) in [5, 5.41) is 10.0. The van der Waals surface area contributed by atoms with Gasteiger partial charge in [0.05, 0.1) is 24.9 Å². The molecule has 1 aliphatic carbocycles. The number of aryl methyl sites for hydroxylation is 1. The molecule has 2 aliphatic heterocycles. The molecule has 0 spiro atoms. The first-order chi connectivity index (χ1) is 18.3. The maximum atomic E-state index is 14.5. The number of fused-ring (bicyclic) bond motifs is 1. The van der Waals surface area contributed by atoms with Gasteiger partial charge in [-0.2, -0.15) is 5.10 Å². The van der Waals surface area contributed by atoms with Gasteiger partial charge in [-0.25, -0.2) is 9.37 Å². The number of likely N-dealkylation sites (tertiary alicyclic amines) is 1. The van der Waals surface area contributed by atoms with Crippen LogP contribution in [0.15, 0.2) is 36.8 Å². The monoisotopic (exact) mass is 539 g/mol. The average molecular weight is 540 g/mol.